The van der Waals surface area contributed by atoms with Crippen LogP contribution in [0.25, 0.3) is 28.0 Å². The van der Waals surface area contributed by atoms with Crippen LogP contribution in [0.2, 0.25) is 0 Å². The summed E-state index contributed by atoms with van der Waals surface area (Å²) in [7, 11) is -0.835. The summed E-state index contributed by atoms with van der Waals surface area (Å²) in [5, 5.41) is 4.36. The molecule has 2 unspecified atom stereocenters. The van der Waals surface area contributed by atoms with E-state index in [-0.39, 0.29) is 5.69 Å². The lowest BCUT2D eigenvalue weighted by Gasteiger charge is -2.14. The molecule has 0 aliphatic carbocycles. The first-order valence-corrected chi connectivity index (χ1v) is 14.8. The third-order valence-corrected chi connectivity index (χ3v) is 6.97. The topological polar surface area (TPSA) is 122 Å². The number of benzene rings is 1. The third-order valence-electron chi connectivity index (χ3n) is 5.58. The van der Waals surface area contributed by atoms with E-state index in [0.29, 0.717) is 40.4 Å². The van der Waals surface area contributed by atoms with Crippen molar-refractivity contribution in [3.63, 3.8) is 0 Å². The van der Waals surface area contributed by atoms with Gasteiger partial charge < -0.3 is 10.3 Å². The van der Waals surface area contributed by atoms with Gasteiger partial charge in [-0.15, -0.1) is 0 Å². The van der Waals surface area contributed by atoms with Crippen molar-refractivity contribution < 1.29 is 17.5 Å². The van der Waals surface area contributed by atoms with Crippen molar-refractivity contribution in [1.29, 1.82) is 0 Å². The molecule has 0 radical (unpaired) electrons. The molecule has 0 spiro atoms. The van der Waals surface area contributed by atoms with Crippen LogP contribution in [0, 0.1) is 11.6 Å². The minimum atomic E-state index is -1.40. The number of nitrogens with zero attached hydrogens (tertiary/aromatic N) is 4. The molecule has 0 fully saturated rings. The van der Waals surface area contributed by atoms with Gasteiger partial charge in [0.15, 0.2) is 5.82 Å². The van der Waals surface area contributed by atoms with Crippen LogP contribution in [0.15, 0.2) is 67.4 Å². The molecule has 0 amide bonds. The van der Waals surface area contributed by atoms with Crippen molar-refractivity contribution in [2.75, 3.05) is 23.0 Å². The number of aromatic nitrogens is 4. The lowest BCUT2D eigenvalue weighted by Crippen LogP contribution is -2.10. The van der Waals surface area contributed by atoms with E-state index in [1.54, 1.807) is 42.9 Å². The van der Waals surface area contributed by atoms with Crippen LogP contribution in [-0.2, 0) is 28.7 Å². The number of pyridine rings is 2. The Hall–Kier alpha value is -3.61. The fourth-order valence-electron chi connectivity index (χ4n) is 3.89. The fourth-order valence-corrected chi connectivity index (χ4v) is 4.88. The predicted molar refractivity (Wildman–Crippen MR) is 148 cm³/mol. The molecule has 0 aliphatic rings. The van der Waals surface area contributed by atoms with Gasteiger partial charge in [-0.2, -0.15) is 5.10 Å². The van der Waals surface area contributed by atoms with E-state index in [2.05, 4.69) is 19.8 Å². The van der Waals surface area contributed by atoms with Crippen LogP contribution in [-0.4, -0.2) is 46.8 Å². The zero-order chi connectivity index (χ0) is 27.2. The van der Waals surface area contributed by atoms with Gasteiger partial charge in [0.05, 0.1) is 35.1 Å². The van der Waals surface area contributed by atoms with Crippen molar-refractivity contribution in [1.82, 2.24) is 19.7 Å². The number of halogens is 2. The highest BCUT2D eigenvalue weighted by Gasteiger charge is 2.16. The number of aryl methyl sites for hydroxylation is 1. The van der Waals surface area contributed by atoms with E-state index in [4.69, 9.17) is 5.73 Å². The van der Waals surface area contributed by atoms with E-state index in [1.165, 1.54) is 12.5 Å². The van der Waals surface area contributed by atoms with Gasteiger partial charge in [0, 0.05) is 76.3 Å². The first kappa shape index (κ1) is 27.4. The summed E-state index contributed by atoms with van der Waals surface area (Å²) in [5.74, 6) is -0.990. The normalized spacial score (nSPS) is 13.3. The van der Waals surface area contributed by atoms with Crippen molar-refractivity contribution in [3.05, 3.63) is 90.3 Å². The highest BCUT2D eigenvalue weighted by molar-refractivity contribution is 7.92. The van der Waals surface area contributed by atoms with Gasteiger partial charge in [0.1, 0.15) is 17.8 Å². The lowest BCUT2D eigenvalue weighted by atomic mass is 9.98. The molecule has 198 valence electrons. The number of nitrogens with one attached hydrogen (secondary N) is 1. The first-order chi connectivity index (χ1) is 18.2. The van der Waals surface area contributed by atoms with Crippen molar-refractivity contribution in [2.24, 2.45) is 5.73 Å². The van der Waals surface area contributed by atoms with Gasteiger partial charge in [-0.1, -0.05) is 6.07 Å². The van der Waals surface area contributed by atoms with Crippen LogP contribution in [0.3, 0.4) is 0 Å². The molecule has 8 nitrogen and oxygen atoms in total. The Labute approximate surface area is 224 Å². The SMILES string of the molecule is CS(=O)CCCn1cc(-c2ccc(C(=CN)c3cc(N[S+](C)[O-])cc(-c4ncc(F)cc4F)c3)nc2)cn1. The molecular weight excluding hydrogens is 530 g/mol. The van der Waals surface area contributed by atoms with Crippen molar-refractivity contribution in [2.45, 2.75) is 13.0 Å². The maximum Gasteiger partial charge on any atom is 0.152 e. The van der Waals surface area contributed by atoms with Gasteiger partial charge in [-0.05, 0) is 36.2 Å². The van der Waals surface area contributed by atoms with Crippen molar-refractivity contribution in [3.8, 4) is 22.4 Å². The molecule has 4 aromatic rings. The molecule has 3 aromatic heterocycles. The molecule has 0 aliphatic heterocycles. The molecule has 0 bridgehead atoms. The highest BCUT2D eigenvalue weighted by Crippen LogP contribution is 2.32. The van der Waals surface area contributed by atoms with Crippen LogP contribution in [0.5, 0.6) is 0 Å². The number of hydrogen-bond donors (Lipinski definition) is 2. The summed E-state index contributed by atoms with van der Waals surface area (Å²) in [6, 6.07) is 9.41. The van der Waals surface area contributed by atoms with Crippen molar-refractivity contribution >= 4 is 33.4 Å². The van der Waals surface area contributed by atoms with Crippen LogP contribution in [0.1, 0.15) is 17.7 Å². The molecule has 3 N–H and O–H groups in total. The molecule has 4 rings (SSSR count). The second-order valence-corrected chi connectivity index (χ2v) is 11.1. The summed E-state index contributed by atoms with van der Waals surface area (Å²) in [6.07, 6.45) is 11.6. The van der Waals surface area contributed by atoms with E-state index in [1.807, 2.05) is 16.9 Å². The molecule has 0 saturated heterocycles. The molecule has 38 heavy (non-hydrogen) atoms. The highest BCUT2D eigenvalue weighted by atomic mass is 32.2. The minimum Gasteiger partial charge on any atom is -0.593 e. The second-order valence-electron chi connectivity index (χ2n) is 8.47. The average molecular weight is 557 g/mol. The fraction of sp³-hybridized carbons (Fsp3) is 0.192. The van der Waals surface area contributed by atoms with Gasteiger partial charge in [-0.25, -0.2) is 13.5 Å². The van der Waals surface area contributed by atoms with E-state index >= 15 is 0 Å². The van der Waals surface area contributed by atoms with E-state index in [0.717, 1.165) is 29.8 Å². The molecule has 12 heteroatoms. The molecule has 2 atom stereocenters. The Morgan fingerprint density at radius 3 is 2.61 bits per heavy atom. The average Bonchev–Trinajstić information content (AvgIpc) is 3.33. The Kier molecular flexibility index (Phi) is 8.87. The quantitative estimate of drug-likeness (QED) is 0.282. The summed E-state index contributed by atoms with van der Waals surface area (Å²) < 4.78 is 55.7. The zero-order valence-corrected chi connectivity index (χ0v) is 22.4. The third kappa shape index (κ3) is 6.82. The summed E-state index contributed by atoms with van der Waals surface area (Å²) in [4.78, 5) is 8.47. The van der Waals surface area contributed by atoms with Crippen LogP contribution in [0.4, 0.5) is 14.5 Å². The Morgan fingerprint density at radius 1 is 1.13 bits per heavy atom. The Morgan fingerprint density at radius 2 is 1.95 bits per heavy atom. The van der Waals surface area contributed by atoms with Gasteiger partial charge >= 0.3 is 0 Å². The largest absolute Gasteiger partial charge is 0.593 e. The summed E-state index contributed by atoms with van der Waals surface area (Å²) in [6.45, 7) is 0.671. The van der Waals surface area contributed by atoms with E-state index in [9.17, 15) is 17.5 Å². The van der Waals surface area contributed by atoms with E-state index < -0.39 is 33.8 Å². The Balaban J connectivity index is 1.63. The van der Waals surface area contributed by atoms with Crippen LogP contribution >= 0.6 is 0 Å². The molecule has 0 saturated carbocycles. The standard InChI is InChI=1S/C26H26F2N6O2S2/c1-37(35)7-3-6-34-16-20(14-32-34)17-4-5-25(30-13-17)23(12-29)18-8-19(10-22(9-18)33-38(2)36)26-24(28)11-21(27)15-31-26/h4-5,8-16,33H,3,6-7,29H2,1-2H3. The number of anilines is 1. The lowest BCUT2D eigenvalue weighted by molar-refractivity contribution is 0.576. The molecular formula is C26H26F2N6O2S2. The van der Waals surface area contributed by atoms with Gasteiger partial charge in [-0.3, -0.25) is 18.9 Å². The second kappa shape index (κ2) is 12.3. The van der Waals surface area contributed by atoms with Gasteiger partial charge in [0.2, 0.25) is 0 Å². The maximum atomic E-state index is 14.5. The monoisotopic (exact) mass is 556 g/mol. The first-order valence-electron chi connectivity index (χ1n) is 11.5. The number of hydrogen-bond acceptors (Lipinski definition) is 7. The van der Waals surface area contributed by atoms with Gasteiger partial charge in [0.25, 0.3) is 0 Å². The number of nitrogens with two attached hydrogens (primary N) is 1. The predicted octanol–water partition coefficient (Wildman–Crippen LogP) is 4.11. The Bertz CT molecular complexity index is 1480. The number of rotatable bonds is 10. The molecule has 3 heterocycles. The van der Waals surface area contributed by atoms with Crippen LogP contribution < -0.4 is 10.5 Å². The summed E-state index contributed by atoms with van der Waals surface area (Å²) in [5.41, 5.74) is 10.1. The summed E-state index contributed by atoms with van der Waals surface area (Å²) >= 11 is -1.40. The minimum absolute atomic E-state index is 0.0555. The smallest absolute Gasteiger partial charge is 0.152 e. The molecule has 1 aromatic carbocycles. The maximum absolute atomic E-state index is 14.5. The zero-order valence-electron chi connectivity index (χ0n) is 20.7.